The van der Waals surface area contributed by atoms with Crippen molar-refractivity contribution < 1.29 is 12.8 Å². The van der Waals surface area contributed by atoms with E-state index < -0.39 is 10.0 Å². The van der Waals surface area contributed by atoms with Crippen LogP contribution < -0.4 is 0 Å². The molecule has 0 amide bonds. The summed E-state index contributed by atoms with van der Waals surface area (Å²) in [6, 6.07) is 19.4. The highest BCUT2D eigenvalue weighted by molar-refractivity contribution is 9.10. The molecule has 0 atom stereocenters. The second-order valence-electron chi connectivity index (χ2n) is 6.07. The molecule has 0 fully saturated rings. The number of aromatic nitrogens is 2. The Morgan fingerprint density at radius 1 is 0.893 bits per heavy atom. The van der Waals surface area contributed by atoms with E-state index in [0.29, 0.717) is 11.0 Å². The number of para-hydroxylation sites is 2. The minimum Gasteiger partial charge on any atom is -0.228 e. The predicted molar refractivity (Wildman–Crippen MR) is 112 cm³/mol. The van der Waals surface area contributed by atoms with E-state index in [-0.39, 0.29) is 16.5 Å². The molecule has 1 heterocycles. The van der Waals surface area contributed by atoms with Crippen molar-refractivity contribution in [3.8, 4) is 0 Å². The molecule has 0 spiro atoms. The minimum absolute atomic E-state index is 0.162. The van der Waals surface area contributed by atoms with Gasteiger partial charge >= 0.3 is 0 Å². The van der Waals surface area contributed by atoms with Crippen LogP contribution >= 0.6 is 15.9 Å². The maximum absolute atomic E-state index is 13.3. The molecule has 1 aromatic heterocycles. The van der Waals surface area contributed by atoms with Crippen molar-refractivity contribution in [1.82, 2.24) is 8.96 Å². The summed E-state index contributed by atoms with van der Waals surface area (Å²) < 4.78 is 41.8. The fourth-order valence-electron chi connectivity index (χ4n) is 2.84. The Morgan fingerprint density at radius 3 is 2.29 bits per heavy atom. The average molecular weight is 457 g/mol. The molecule has 0 saturated heterocycles. The molecule has 0 aliphatic rings. The zero-order valence-corrected chi connectivity index (χ0v) is 16.9. The lowest BCUT2D eigenvalue weighted by Gasteiger charge is -2.09. The molecule has 4 rings (SSSR count). The Morgan fingerprint density at radius 2 is 1.57 bits per heavy atom. The molecular weight excluding hydrogens is 443 g/mol. The highest BCUT2D eigenvalue weighted by Crippen LogP contribution is 2.25. The Hall–Kier alpha value is -2.77. The molecule has 7 heteroatoms. The average Bonchev–Trinajstić information content (AvgIpc) is 3.07. The van der Waals surface area contributed by atoms with Crippen molar-refractivity contribution in [1.29, 1.82) is 0 Å². The molecule has 0 aliphatic carbocycles. The summed E-state index contributed by atoms with van der Waals surface area (Å²) in [6.07, 6.45) is 3.32. The third kappa shape index (κ3) is 3.50. The lowest BCUT2D eigenvalue weighted by Crippen LogP contribution is -2.14. The normalized spacial score (nSPS) is 12.1. The van der Waals surface area contributed by atoms with Crippen LogP contribution in [0.4, 0.5) is 4.39 Å². The van der Waals surface area contributed by atoms with Gasteiger partial charge in [-0.05, 0) is 60.2 Å². The van der Waals surface area contributed by atoms with Crippen LogP contribution in [0.15, 0.2) is 82.2 Å². The number of hydrogen-bond donors (Lipinski definition) is 0. The third-order valence-corrected chi connectivity index (χ3v) is 6.45. The first kappa shape index (κ1) is 18.6. The zero-order chi connectivity index (χ0) is 19.7. The topological polar surface area (TPSA) is 52.0 Å². The van der Waals surface area contributed by atoms with Crippen LogP contribution in [-0.4, -0.2) is 17.4 Å². The molecule has 0 bridgehead atoms. The van der Waals surface area contributed by atoms with Crippen LogP contribution in [0.3, 0.4) is 0 Å². The summed E-state index contributed by atoms with van der Waals surface area (Å²) in [5.41, 5.74) is 1.80. The molecular formula is C21H14BrFN2O2S. The Kier molecular flexibility index (Phi) is 4.87. The first-order valence-electron chi connectivity index (χ1n) is 8.37. The van der Waals surface area contributed by atoms with E-state index in [9.17, 15) is 12.8 Å². The van der Waals surface area contributed by atoms with E-state index in [1.165, 1.54) is 16.1 Å². The first-order chi connectivity index (χ1) is 13.4. The summed E-state index contributed by atoms with van der Waals surface area (Å²) in [7, 11) is -3.86. The van der Waals surface area contributed by atoms with Gasteiger partial charge in [-0.2, -0.15) is 0 Å². The van der Waals surface area contributed by atoms with E-state index in [2.05, 4.69) is 20.9 Å². The monoisotopic (exact) mass is 456 g/mol. The molecule has 3 aromatic carbocycles. The van der Waals surface area contributed by atoms with Gasteiger partial charge < -0.3 is 0 Å². The van der Waals surface area contributed by atoms with Crippen molar-refractivity contribution >= 4 is 49.1 Å². The maximum atomic E-state index is 13.3. The first-order valence-corrected chi connectivity index (χ1v) is 10.6. The van der Waals surface area contributed by atoms with E-state index in [4.69, 9.17) is 0 Å². The maximum Gasteiger partial charge on any atom is 0.269 e. The number of halogens is 2. The highest BCUT2D eigenvalue weighted by atomic mass is 79.9. The van der Waals surface area contributed by atoms with Crippen LogP contribution in [0.1, 0.15) is 11.4 Å². The molecule has 0 unspecified atom stereocenters. The zero-order valence-electron chi connectivity index (χ0n) is 14.5. The standard InChI is InChI=1S/C21H14BrFN2O2S/c22-16-8-12-18(13-9-16)28(26,27)25-20-4-2-1-3-19(20)24-21(25)14-7-15-5-10-17(23)11-6-15/h1-14H/b14-7+. The number of benzene rings is 3. The van der Waals surface area contributed by atoms with Gasteiger partial charge in [0, 0.05) is 4.47 Å². The minimum atomic E-state index is -3.86. The van der Waals surface area contributed by atoms with E-state index in [0.717, 1.165) is 10.0 Å². The fraction of sp³-hybridized carbons (Fsp3) is 0. The fourth-order valence-corrected chi connectivity index (χ4v) is 4.55. The van der Waals surface area contributed by atoms with Gasteiger partial charge in [0.1, 0.15) is 11.6 Å². The van der Waals surface area contributed by atoms with Crippen LogP contribution in [0.2, 0.25) is 0 Å². The lowest BCUT2D eigenvalue weighted by atomic mass is 10.2. The number of rotatable bonds is 4. The summed E-state index contributed by atoms with van der Waals surface area (Å²) in [6.45, 7) is 0. The summed E-state index contributed by atoms with van der Waals surface area (Å²) in [5, 5.41) is 0. The van der Waals surface area contributed by atoms with E-state index in [1.54, 1.807) is 72.8 Å². The summed E-state index contributed by atoms with van der Waals surface area (Å²) in [4.78, 5) is 4.63. The summed E-state index contributed by atoms with van der Waals surface area (Å²) >= 11 is 3.32. The smallest absolute Gasteiger partial charge is 0.228 e. The molecule has 4 nitrogen and oxygen atoms in total. The van der Waals surface area contributed by atoms with Gasteiger partial charge in [-0.15, -0.1) is 0 Å². The SMILES string of the molecule is O=S(=O)(c1ccc(Br)cc1)n1c(/C=C/c2ccc(F)cc2)nc2ccccc21. The molecule has 28 heavy (non-hydrogen) atoms. The molecule has 0 saturated carbocycles. The quantitative estimate of drug-likeness (QED) is 0.416. The Bertz CT molecular complexity index is 1280. The molecule has 0 aliphatic heterocycles. The molecule has 4 aromatic rings. The van der Waals surface area contributed by atoms with Crippen LogP contribution in [0, 0.1) is 5.82 Å². The van der Waals surface area contributed by atoms with Gasteiger partial charge in [0.25, 0.3) is 10.0 Å². The number of hydrogen-bond acceptors (Lipinski definition) is 3. The molecule has 0 radical (unpaired) electrons. The van der Waals surface area contributed by atoms with Gasteiger partial charge in [-0.3, -0.25) is 0 Å². The highest BCUT2D eigenvalue weighted by Gasteiger charge is 2.23. The van der Waals surface area contributed by atoms with Crippen molar-refractivity contribution in [2.75, 3.05) is 0 Å². The van der Waals surface area contributed by atoms with Crippen molar-refractivity contribution in [2.45, 2.75) is 4.90 Å². The van der Waals surface area contributed by atoms with Crippen molar-refractivity contribution in [3.05, 3.63) is 94.5 Å². The number of imidazole rings is 1. The lowest BCUT2D eigenvalue weighted by molar-refractivity contribution is 0.588. The van der Waals surface area contributed by atoms with E-state index >= 15 is 0 Å². The van der Waals surface area contributed by atoms with Gasteiger partial charge in [0.05, 0.1) is 15.9 Å². The molecule has 140 valence electrons. The number of fused-ring (bicyclic) bond motifs is 1. The predicted octanol–water partition coefficient (Wildman–Crippen LogP) is 5.35. The van der Waals surface area contributed by atoms with Crippen molar-refractivity contribution in [3.63, 3.8) is 0 Å². The van der Waals surface area contributed by atoms with E-state index in [1.807, 2.05) is 0 Å². The second kappa shape index (κ2) is 7.33. The van der Waals surface area contributed by atoms with Gasteiger partial charge in [0.2, 0.25) is 0 Å². The van der Waals surface area contributed by atoms with Gasteiger partial charge in [-0.25, -0.2) is 21.8 Å². The third-order valence-electron chi connectivity index (χ3n) is 4.19. The van der Waals surface area contributed by atoms with Crippen LogP contribution in [-0.2, 0) is 10.0 Å². The molecule has 0 N–H and O–H groups in total. The Labute approximate surface area is 170 Å². The van der Waals surface area contributed by atoms with Crippen LogP contribution in [0.5, 0.6) is 0 Å². The van der Waals surface area contributed by atoms with Gasteiger partial charge in [-0.1, -0.05) is 46.3 Å². The largest absolute Gasteiger partial charge is 0.269 e. The number of nitrogens with zero attached hydrogens (tertiary/aromatic N) is 2. The second-order valence-corrected chi connectivity index (χ2v) is 8.77. The van der Waals surface area contributed by atoms with Gasteiger partial charge in [0.15, 0.2) is 0 Å². The van der Waals surface area contributed by atoms with Crippen molar-refractivity contribution in [2.24, 2.45) is 0 Å². The summed E-state index contributed by atoms with van der Waals surface area (Å²) in [5.74, 6) is -0.0596. The Balaban J connectivity index is 1.88. The van der Waals surface area contributed by atoms with Crippen LogP contribution in [0.25, 0.3) is 23.2 Å².